The molecule has 1 saturated carbocycles. The second-order valence-corrected chi connectivity index (χ2v) is 11.2. The van der Waals surface area contributed by atoms with Gasteiger partial charge in [0.25, 0.3) is 5.91 Å². The minimum Gasteiger partial charge on any atom is -0.508 e. The van der Waals surface area contributed by atoms with Crippen LogP contribution < -0.4 is 16.0 Å². The number of carbonyl (C=O) groups excluding carboxylic acids is 3. The highest BCUT2D eigenvalue weighted by Gasteiger charge is 2.64. The Bertz CT molecular complexity index is 1320. The van der Waals surface area contributed by atoms with E-state index < -0.39 is 58.0 Å². The number of nitrogens with two attached hydrogens (primary N) is 1. The molecule has 0 bridgehead atoms. The highest BCUT2D eigenvalue weighted by atomic mass is 16.5. The fourth-order valence-electron chi connectivity index (χ4n) is 7.23. The summed E-state index contributed by atoms with van der Waals surface area (Å²) in [6.45, 7) is 2.61. The minimum atomic E-state index is -2.65. The smallest absolute Gasteiger partial charge is 0.255 e. The highest BCUT2D eigenvalue weighted by molar-refractivity contribution is 6.24. The number of primary amides is 1. The molecule has 6 rings (SSSR count). The van der Waals surface area contributed by atoms with E-state index in [4.69, 9.17) is 10.5 Å². The van der Waals surface area contributed by atoms with Crippen LogP contribution in [0.3, 0.4) is 0 Å². The molecule has 2 saturated heterocycles. The van der Waals surface area contributed by atoms with E-state index in [2.05, 4.69) is 10.2 Å². The van der Waals surface area contributed by atoms with Crippen molar-refractivity contribution in [1.82, 2.24) is 5.32 Å². The number of carbonyl (C=O) groups is 3. The number of phenolic OH excluding ortho intramolecular Hbond substituents is 1. The third-order valence-electron chi connectivity index (χ3n) is 9.14. The summed E-state index contributed by atoms with van der Waals surface area (Å²) >= 11 is 0. The molecular formula is C28H33N3O8. The molecule has 2 heterocycles. The van der Waals surface area contributed by atoms with E-state index >= 15 is 0 Å². The maximum atomic E-state index is 14.0. The number of rotatable bonds is 4. The molecule has 1 aromatic carbocycles. The largest absolute Gasteiger partial charge is 0.508 e. The van der Waals surface area contributed by atoms with Gasteiger partial charge in [0.2, 0.25) is 5.78 Å². The molecule has 3 fully saturated rings. The quantitative estimate of drug-likeness (QED) is 0.299. The Morgan fingerprint density at radius 1 is 1.10 bits per heavy atom. The van der Waals surface area contributed by atoms with Gasteiger partial charge in [-0.3, -0.25) is 14.4 Å². The Balaban J connectivity index is 1.48. The van der Waals surface area contributed by atoms with E-state index in [9.17, 15) is 34.8 Å². The second kappa shape index (κ2) is 9.35. The monoisotopic (exact) mass is 539 g/mol. The standard InChI is InChI=1S/C28H33N3O8/c29-27(37)21-24(34)22(30-14-5-9-39-10-6-14)16-12-13-11-15-17(31-7-1-2-8-31)3-4-18(32)20(15)23(33)19(13)25(35)28(16,38)26(21)36/h3-4,13-14,16,22,30,32-33,36,38H,1-2,5-12H2,(H2,29,37)/t13-,16-,22+,28-/m0/s1. The number of hydrogen-bond donors (Lipinski definition) is 6. The first-order valence-electron chi connectivity index (χ1n) is 13.6. The lowest BCUT2D eigenvalue weighted by atomic mass is 9.57. The summed E-state index contributed by atoms with van der Waals surface area (Å²) in [6, 6.07) is 1.96. The molecule has 5 aliphatic rings. The molecule has 39 heavy (non-hydrogen) atoms. The Hall–Kier alpha value is -3.41. The van der Waals surface area contributed by atoms with Crippen molar-refractivity contribution in [3.8, 4) is 5.75 Å². The lowest BCUT2D eigenvalue weighted by Crippen LogP contribution is -2.67. The first kappa shape index (κ1) is 25.8. The molecule has 7 N–H and O–H groups in total. The fraction of sp³-hybridized carbons (Fsp3) is 0.536. The predicted molar refractivity (Wildman–Crippen MR) is 139 cm³/mol. The van der Waals surface area contributed by atoms with Crippen LogP contribution >= 0.6 is 0 Å². The first-order valence-corrected chi connectivity index (χ1v) is 13.6. The number of aliphatic hydroxyl groups excluding tert-OH is 2. The molecule has 208 valence electrons. The van der Waals surface area contributed by atoms with Gasteiger partial charge in [-0.1, -0.05) is 0 Å². The summed E-state index contributed by atoms with van der Waals surface area (Å²) in [5.74, 6) is -6.47. The number of Topliss-reactive ketones (excluding diaryl/α,β-unsaturated/α-hetero) is 2. The Morgan fingerprint density at radius 3 is 2.46 bits per heavy atom. The van der Waals surface area contributed by atoms with Crippen molar-refractivity contribution >= 4 is 28.9 Å². The zero-order valence-electron chi connectivity index (χ0n) is 21.5. The molecule has 4 atom stereocenters. The maximum Gasteiger partial charge on any atom is 0.255 e. The molecule has 0 aromatic heterocycles. The van der Waals surface area contributed by atoms with Crippen LogP contribution in [0.15, 0.2) is 29.0 Å². The number of benzene rings is 1. The van der Waals surface area contributed by atoms with Gasteiger partial charge in [0.05, 0.1) is 11.6 Å². The molecule has 0 spiro atoms. The number of nitrogens with zero attached hydrogens (tertiary/aromatic N) is 1. The van der Waals surface area contributed by atoms with Gasteiger partial charge >= 0.3 is 0 Å². The summed E-state index contributed by atoms with van der Waals surface area (Å²) in [7, 11) is 0. The zero-order chi connectivity index (χ0) is 27.6. The van der Waals surface area contributed by atoms with Crippen molar-refractivity contribution < 1.29 is 39.5 Å². The number of hydrogen-bond acceptors (Lipinski definition) is 10. The molecule has 3 aliphatic carbocycles. The van der Waals surface area contributed by atoms with Gasteiger partial charge < -0.3 is 41.1 Å². The number of ketones is 2. The van der Waals surface area contributed by atoms with Crippen LogP contribution in [0, 0.1) is 11.8 Å². The molecule has 11 heteroatoms. The Kier molecular flexibility index (Phi) is 6.20. The molecule has 0 unspecified atom stereocenters. The van der Waals surface area contributed by atoms with Gasteiger partial charge in [-0.2, -0.15) is 0 Å². The summed E-state index contributed by atoms with van der Waals surface area (Å²) < 4.78 is 5.40. The van der Waals surface area contributed by atoms with Crippen molar-refractivity contribution in [1.29, 1.82) is 0 Å². The second-order valence-electron chi connectivity index (χ2n) is 11.2. The Labute approximate surface area is 224 Å². The Morgan fingerprint density at radius 2 is 1.79 bits per heavy atom. The molecular weight excluding hydrogens is 506 g/mol. The minimum absolute atomic E-state index is 0.0684. The molecule has 1 amide bonds. The van der Waals surface area contributed by atoms with E-state index in [-0.39, 0.29) is 29.3 Å². The van der Waals surface area contributed by atoms with Gasteiger partial charge in [0.15, 0.2) is 11.4 Å². The first-order chi connectivity index (χ1) is 18.6. The van der Waals surface area contributed by atoms with Gasteiger partial charge in [-0.05, 0) is 62.1 Å². The van der Waals surface area contributed by atoms with E-state index in [0.717, 1.165) is 31.6 Å². The average Bonchev–Trinajstić information content (AvgIpc) is 3.44. The van der Waals surface area contributed by atoms with Crippen LogP contribution in [-0.4, -0.2) is 81.9 Å². The summed E-state index contributed by atoms with van der Waals surface area (Å²) in [5, 5.41) is 48.3. The van der Waals surface area contributed by atoms with Crippen molar-refractivity contribution in [3.63, 3.8) is 0 Å². The van der Waals surface area contributed by atoms with Crippen molar-refractivity contribution in [2.24, 2.45) is 17.6 Å². The number of amides is 1. The van der Waals surface area contributed by atoms with E-state index in [1.54, 1.807) is 0 Å². The van der Waals surface area contributed by atoms with Gasteiger partial charge in [-0.15, -0.1) is 0 Å². The summed E-state index contributed by atoms with van der Waals surface area (Å²) in [6.07, 6.45) is 3.58. The van der Waals surface area contributed by atoms with Crippen molar-refractivity contribution in [2.75, 3.05) is 31.2 Å². The van der Waals surface area contributed by atoms with Crippen LogP contribution in [-0.2, 0) is 25.5 Å². The molecule has 0 radical (unpaired) electrons. The molecule has 2 aliphatic heterocycles. The van der Waals surface area contributed by atoms with Crippen LogP contribution in [0.1, 0.15) is 43.2 Å². The summed E-state index contributed by atoms with van der Waals surface area (Å²) in [5.41, 5.74) is 3.54. The number of phenols is 1. The van der Waals surface area contributed by atoms with E-state index in [1.165, 1.54) is 6.07 Å². The third kappa shape index (κ3) is 3.78. The van der Waals surface area contributed by atoms with Gasteiger partial charge in [0, 0.05) is 49.5 Å². The van der Waals surface area contributed by atoms with Crippen LogP contribution in [0.25, 0.3) is 5.76 Å². The van der Waals surface area contributed by atoms with Crippen LogP contribution in [0.5, 0.6) is 5.75 Å². The SMILES string of the molecule is NC(=O)C1=C(O)[C@@]2(O)C(=O)C3=C(O)c4c(O)ccc(N5CCCC5)c4C[C@H]3C[C@H]2[C@@H](NC2CCOCC2)C1=O. The van der Waals surface area contributed by atoms with Gasteiger partial charge in [0.1, 0.15) is 22.8 Å². The normalized spacial score (nSPS) is 31.3. The zero-order valence-corrected chi connectivity index (χ0v) is 21.5. The van der Waals surface area contributed by atoms with Crippen molar-refractivity contribution in [2.45, 2.75) is 56.2 Å². The van der Waals surface area contributed by atoms with E-state index in [0.29, 0.717) is 38.0 Å². The summed E-state index contributed by atoms with van der Waals surface area (Å²) in [4.78, 5) is 42.0. The average molecular weight is 540 g/mol. The topological polar surface area (TPSA) is 183 Å². The number of nitrogens with one attached hydrogen (secondary N) is 1. The lowest BCUT2D eigenvalue weighted by molar-refractivity contribution is -0.150. The van der Waals surface area contributed by atoms with Gasteiger partial charge in [-0.25, -0.2) is 0 Å². The highest BCUT2D eigenvalue weighted by Crippen LogP contribution is 2.53. The lowest BCUT2D eigenvalue weighted by Gasteiger charge is -2.50. The molecule has 1 aromatic rings. The number of ether oxygens (including phenoxy) is 1. The maximum absolute atomic E-state index is 14.0. The van der Waals surface area contributed by atoms with Crippen molar-refractivity contribution in [3.05, 3.63) is 40.2 Å². The number of aliphatic hydroxyl groups is 3. The fourth-order valence-corrected chi connectivity index (χ4v) is 7.23. The van der Waals surface area contributed by atoms with Crippen LogP contribution in [0.4, 0.5) is 5.69 Å². The van der Waals surface area contributed by atoms with Crippen LogP contribution in [0.2, 0.25) is 0 Å². The number of aromatic hydroxyl groups is 1. The van der Waals surface area contributed by atoms with E-state index in [1.807, 2.05) is 6.07 Å². The molecule has 11 nitrogen and oxygen atoms in total. The predicted octanol–water partition coefficient (Wildman–Crippen LogP) is 0.771. The number of anilines is 1. The number of fused-ring (bicyclic) bond motifs is 3. The third-order valence-corrected chi connectivity index (χ3v) is 9.14.